The van der Waals surface area contributed by atoms with Crippen molar-refractivity contribution < 1.29 is 19.1 Å². The van der Waals surface area contributed by atoms with Gasteiger partial charge in [-0.15, -0.1) is 0 Å². The number of esters is 2. The monoisotopic (exact) mass is 267 g/mol. The van der Waals surface area contributed by atoms with E-state index in [0.717, 1.165) is 4.57 Å². The molecule has 104 valence electrons. The van der Waals surface area contributed by atoms with Gasteiger partial charge in [0.05, 0.1) is 7.11 Å². The lowest BCUT2D eigenvalue weighted by atomic mass is 10.2. The summed E-state index contributed by atoms with van der Waals surface area (Å²) in [6.07, 6.45) is 1.42. The minimum absolute atomic E-state index is 0.117. The highest BCUT2D eigenvalue weighted by molar-refractivity contribution is 5.88. The van der Waals surface area contributed by atoms with Gasteiger partial charge in [-0.2, -0.15) is 0 Å². The molecule has 0 N–H and O–H groups in total. The van der Waals surface area contributed by atoms with Gasteiger partial charge in [0.1, 0.15) is 17.7 Å². The van der Waals surface area contributed by atoms with Crippen molar-refractivity contribution in [2.24, 2.45) is 0 Å². The zero-order valence-corrected chi connectivity index (χ0v) is 11.4. The van der Waals surface area contributed by atoms with Crippen LogP contribution in [0.5, 0.6) is 0 Å². The Morgan fingerprint density at radius 1 is 1.32 bits per heavy atom. The molecule has 0 spiro atoms. The van der Waals surface area contributed by atoms with Crippen molar-refractivity contribution in [1.82, 2.24) is 4.57 Å². The molecule has 0 saturated heterocycles. The first-order valence-electron chi connectivity index (χ1n) is 5.74. The number of carbonyl (C=O) groups excluding carboxylic acids is 2. The summed E-state index contributed by atoms with van der Waals surface area (Å²) in [6, 6.07) is 2.85. The van der Waals surface area contributed by atoms with Crippen LogP contribution in [-0.2, 0) is 20.8 Å². The predicted octanol–water partition coefficient (Wildman–Crippen LogP) is 0.977. The second-order valence-electron chi connectivity index (χ2n) is 4.93. The highest BCUT2D eigenvalue weighted by Gasteiger charge is 2.18. The molecule has 6 heteroatoms. The molecule has 0 radical (unpaired) electrons. The van der Waals surface area contributed by atoms with Crippen molar-refractivity contribution in [3.63, 3.8) is 0 Å². The fourth-order valence-corrected chi connectivity index (χ4v) is 1.44. The van der Waals surface area contributed by atoms with E-state index >= 15 is 0 Å². The summed E-state index contributed by atoms with van der Waals surface area (Å²) < 4.78 is 10.7. The van der Waals surface area contributed by atoms with E-state index in [1.165, 1.54) is 25.4 Å². The Labute approximate surface area is 110 Å². The lowest BCUT2D eigenvalue weighted by Crippen LogP contribution is -2.32. The van der Waals surface area contributed by atoms with Crippen LogP contribution >= 0.6 is 0 Å². The first-order valence-corrected chi connectivity index (χ1v) is 5.74. The Morgan fingerprint density at radius 3 is 2.47 bits per heavy atom. The van der Waals surface area contributed by atoms with E-state index in [1.807, 2.05) is 0 Å². The van der Waals surface area contributed by atoms with Crippen molar-refractivity contribution in [1.29, 1.82) is 0 Å². The second kappa shape index (κ2) is 5.69. The van der Waals surface area contributed by atoms with Crippen LogP contribution in [0.4, 0.5) is 0 Å². The number of hydrogen-bond acceptors (Lipinski definition) is 5. The molecule has 1 aromatic rings. The molecule has 19 heavy (non-hydrogen) atoms. The molecule has 0 amide bonds. The normalized spacial score (nSPS) is 10.9. The van der Waals surface area contributed by atoms with E-state index in [-0.39, 0.29) is 12.1 Å². The molecule has 1 rings (SSSR count). The Kier molecular flexibility index (Phi) is 4.47. The van der Waals surface area contributed by atoms with Gasteiger partial charge in [-0.3, -0.25) is 9.59 Å². The van der Waals surface area contributed by atoms with E-state index in [2.05, 4.69) is 4.74 Å². The summed E-state index contributed by atoms with van der Waals surface area (Å²) in [5, 5.41) is 0. The summed E-state index contributed by atoms with van der Waals surface area (Å²) >= 11 is 0. The molecular weight excluding hydrogens is 250 g/mol. The van der Waals surface area contributed by atoms with Crippen molar-refractivity contribution in [2.45, 2.75) is 32.9 Å². The minimum Gasteiger partial charge on any atom is -0.465 e. The Hall–Kier alpha value is -2.11. The standard InChI is InChI=1S/C13H17NO5/c1-13(2,3)19-10(15)8-14-7-5-6-9(11(14)16)12(17)18-4/h5-7H,8H2,1-4H3. The fraction of sp³-hybridized carbons (Fsp3) is 0.462. The third kappa shape index (κ3) is 4.24. The van der Waals surface area contributed by atoms with Crippen molar-refractivity contribution >= 4 is 11.9 Å². The maximum Gasteiger partial charge on any atom is 0.343 e. The quantitative estimate of drug-likeness (QED) is 0.763. The zero-order chi connectivity index (χ0) is 14.6. The number of rotatable bonds is 3. The van der Waals surface area contributed by atoms with Gasteiger partial charge in [-0.05, 0) is 32.9 Å². The third-order valence-corrected chi connectivity index (χ3v) is 2.14. The number of nitrogens with zero attached hydrogens (tertiary/aromatic N) is 1. The van der Waals surface area contributed by atoms with Gasteiger partial charge in [0.25, 0.3) is 5.56 Å². The van der Waals surface area contributed by atoms with Crippen LogP contribution < -0.4 is 5.56 Å². The van der Waals surface area contributed by atoms with E-state index < -0.39 is 23.1 Å². The number of aromatic nitrogens is 1. The fourth-order valence-electron chi connectivity index (χ4n) is 1.44. The average Bonchev–Trinajstić information content (AvgIpc) is 2.28. The maximum atomic E-state index is 11.9. The van der Waals surface area contributed by atoms with Crippen molar-refractivity contribution in [3.8, 4) is 0 Å². The lowest BCUT2D eigenvalue weighted by Gasteiger charge is -2.19. The molecule has 0 aliphatic heterocycles. The highest BCUT2D eigenvalue weighted by atomic mass is 16.6. The van der Waals surface area contributed by atoms with Crippen LogP contribution in [0.15, 0.2) is 23.1 Å². The zero-order valence-electron chi connectivity index (χ0n) is 11.4. The van der Waals surface area contributed by atoms with Crippen LogP contribution in [0.2, 0.25) is 0 Å². The number of ether oxygens (including phenoxy) is 2. The molecule has 0 atom stereocenters. The number of carbonyl (C=O) groups is 2. The molecule has 0 saturated carbocycles. The first-order chi connectivity index (χ1) is 8.74. The van der Waals surface area contributed by atoms with Gasteiger partial charge < -0.3 is 14.0 Å². The Morgan fingerprint density at radius 2 is 1.95 bits per heavy atom. The van der Waals surface area contributed by atoms with Crippen LogP contribution in [-0.4, -0.2) is 29.2 Å². The first kappa shape index (κ1) is 14.9. The average molecular weight is 267 g/mol. The van der Waals surface area contributed by atoms with E-state index in [9.17, 15) is 14.4 Å². The van der Waals surface area contributed by atoms with Crippen LogP contribution in [0.1, 0.15) is 31.1 Å². The summed E-state index contributed by atoms with van der Waals surface area (Å²) in [5.74, 6) is -1.28. The number of hydrogen-bond donors (Lipinski definition) is 0. The molecule has 0 aliphatic carbocycles. The molecule has 1 heterocycles. The van der Waals surface area contributed by atoms with Gasteiger partial charge in [0.15, 0.2) is 0 Å². The van der Waals surface area contributed by atoms with Crippen molar-refractivity contribution in [3.05, 3.63) is 34.2 Å². The largest absolute Gasteiger partial charge is 0.465 e. The summed E-state index contributed by atoms with van der Waals surface area (Å²) in [5.41, 5.74) is -1.32. The lowest BCUT2D eigenvalue weighted by molar-refractivity contribution is -0.155. The second-order valence-corrected chi connectivity index (χ2v) is 4.93. The number of methoxy groups -OCH3 is 1. The van der Waals surface area contributed by atoms with Crippen LogP contribution in [0.25, 0.3) is 0 Å². The summed E-state index contributed by atoms with van der Waals surface area (Å²) in [6.45, 7) is 4.95. The predicted molar refractivity (Wildman–Crippen MR) is 67.9 cm³/mol. The van der Waals surface area contributed by atoms with E-state index in [1.54, 1.807) is 20.8 Å². The Bertz CT molecular complexity index is 539. The Balaban J connectivity index is 2.95. The summed E-state index contributed by atoms with van der Waals surface area (Å²) in [7, 11) is 1.19. The van der Waals surface area contributed by atoms with Crippen molar-refractivity contribution in [2.75, 3.05) is 7.11 Å². The van der Waals surface area contributed by atoms with Crippen LogP contribution in [0.3, 0.4) is 0 Å². The third-order valence-electron chi connectivity index (χ3n) is 2.14. The highest BCUT2D eigenvalue weighted by Crippen LogP contribution is 2.07. The molecular formula is C13H17NO5. The molecule has 0 fully saturated rings. The molecule has 0 unspecified atom stereocenters. The maximum absolute atomic E-state index is 11.9. The van der Waals surface area contributed by atoms with Gasteiger partial charge in [0, 0.05) is 6.20 Å². The van der Waals surface area contributed by atoms with E-state index in [0.29, 0.717) is 0 Å². The molecule has 0 aliphatic rings. The minimum atomic E-state index is -0.733. The molecule has 1 aromatic heterocycles. The number of pyridine rings is 1. The van der Waals surface area contributed by atoms with Gasteiger partial charge in [-0.1, -0.05) is 0 Å². The SMILES string of the molecule is COC(=O)c1cccn(CC(=O)OC(C)(C)C)c1=O. The smallest absolute Gasteiger partial charge is 0.343 e. The molecule has 0 bridgehead atoms. The topological polar surface area (TPSA) is 74.6 Å². The van der Waals surface area contributed by atoms with E-state index in [4.69, 9.17) is 4.74 Å². The summed E-state index contributed by atoms with van der Waals surface area (Å²) in [4.78, 5) is 34.9. The van der Waals surface area contributed by atoms with Gasteiger partial charge in [-0.25, -0.2) is 4.79 Å². The molecule has 0 aromatic carbocycles. The van der Waals surface area contributed by atoms with Gasteiger partial charge in [0.2, 0.25) is 0 Å². The van der Waals surface area contributed by atoms with Crippen LogP contribution in [0, 0.1) is 0 Å². The molecule has 6 nitrogen and oxygen atoms in total. The van der Waals surface area contributed by atoms with Gasteiger partial charge >= 0.3 is 11.9 Å².